The molecule has 3 rings (SSSR count). The number of aryl methyl sites for hydroxylation is 1. The molecule has 0 bridgehead atoms. The van der Waals surface area contributed by atoms with Crippen LogP contribution in [0.5, 0.6) is 0 Å². The molecule has 138 valence electrons. The van der Waals surface area contributed by atoms with Crippen LogP contribution in [0, 0.1) is 6.92 Å². The maximum atomic E-state index is 12.6. The van der Waals surface area contributed by atoms with Crippen LogP contribution in [0.2, 0.25) is 5.02 Å². The van der Waals surface area contributed by atoms with Gasteiger partial charge >= 0.3 is 5.97 Å². The lowest BCUT2D eigenvalue weighted by molar-refractivity contribution is 0.0402. The van der Waals surface area contributed by atoms with Crippen molar-refractivity contribution in [3.63, 3.8) is 0 Å². The van der Waals surface area contributed by atoms with E-state index in [-0.39, 0.29) is 11.4 Å². The quantitative estimate of drug-likeness (QED) is 0.660. The molecule has 0 aromatic heterocycles. The minimum atomic E-state index is -0.258. The smallest absolute Gasteiger partial charge is 0.338 e. The van der Waals surface area contributed by atoms with Crippen LogP contribution in [0.4, 0.5) is 5.69 Å². The van der Waals surface area contributed by atoms with Gasteiger partial charge in [-0.15, -0.1) is 0 Å². The molecule has 0 saturated heterocycles. The summed E-state index contributed by atoms with van der Waals surface area (Å²) in [5.41, 5.74) is 3.84. The van der Waals surface area contributed by atoms with Crippen LogP contribution in [-0.4, -0.2) is 26.7 Å². The molecule has 0 atom stereocenters. The van der Waals surface area contributed by atoms with E-state index in [1.807, 2.05) is 62.3 Å². The van der Waals surface area contributed by atoms with Crippen LogP contribution >= 0.6 is 11.6 Å². The first-order chi connectivity index (χ1) is 12.4. The van der Waals surface area contributed by atoms with Crippen LogP contribution in [0.15, 0.2) is 42.5 Å². The zero-order chi connectivity index (χ0) is 18.7. The molecule has 1 fully saturated rings. The number of halogens is 1. The maximum Gasteiger partial charge on any atom is 0.338 e. The second-order valence-corrected chi connectivity index (χ2v) is 7.91. The fourth-order valence-corrected chi connectivity index (χ4v) is 4.15. The molecule has 1 aliphatic carbocycles. The number of hydrogen-bond acceptors (Lipinski definition) is 3. The van der Waals surface area contributed by atoms with Crippen LogP contribution in [0.25, 0.3) is 0 Å². The van der Waals surface area contributed by atoms with Gasteiger partial charge in [-0.25, -0.2) is 4.79 Å². The van der Waals surface area contributed by atoms with Crippen molar-refractivity contribution in [2.75, 3.05) is 25.6 Å². The largest absolute Gasteiger partial charge is 0.461 e. The summed E-state index contributed by atoms with van der Waals surface area (Å²) in [4.78, 5) is 14.7. The third-order valence-electron chi connectivity index (χ3n) is 5.39. The number of carbonyl (C=O) groups is 1. The van der Waals surface area contributed by atoms with Crippen molar-refractivity contribution in [1.82, 2.24) is 0 Å². The molecule has 3 nitrogen and oxygen atoms in total. The van der Waals surface area contributed by atoms with Crippen LogP contribution in [-0.2, 0) is 10.2 Å². The van der Waals surface area contributed by atoms with E-state index in [1.165, 1.54) is 5.56 Å². The van der Waals surface area contributed by atoms with Crippen molar-refractivity contribution >= 4 is 23.3 Å². The molecule has 2 aromatic rings. The predicted molar refractivity (Wildman–Crippen MR) is 107 cm³/mol. The fraction of sp³-hybridized carbons (Fsp3) is 0.409. The Morgan fingerprint density at radius 2 is 1.88 bits per heavy atom. The zero-order valence-corrected chi connectivity index (χ0v) is 16.5. The first-order valence-electron chi connectivity index (χ1n) is 9.12. The molecule has 0 amide bonds. The van der Waals surface area contributed by atoms with E-state index in [0.717, 1.165) is 42.0 Å². The van der Waals surface area contributed by atoms with E-state index in [0.29, 0.717) is 12.2 Å². The normalized spacial score (nSPS) is 15.7. The van der Waals surface area contributed by atoms with E-state index >= 15 is 0 Å². The number of nitrogens with zero attached hydrogens (tertiary/aromatic N) is 1. The van der Waals surface area contributed by atoms with E-state index in [9.17, 15) is 4.79 Å². The van der Waals surface area contributed by atoms with E-state index in [4.69, 9.17) is 16.3 Å². The van der Waals surface area contributed by atoms with Crippen molar-refractivity contribution in [3.05, 3.63) is 64.2 Å². The molecule has 0 aliphatic heterocycles. The second kappa shape index (κ2) is 7.71. The minimum Gasteiger partial charge on any atom is -0.461 e. The highest BCUT2D eigenvalue weighted by Gasteiger charge is 2.37. The molecule has 0 radical (unpaired) electrons. The van der Waals surface area contributed by atoms with Gasteiger partial charge in [0.25, 0.3) is 0 Å². The van der Waals surface area contributed by atoms with Crippen molar-refractivity contribution in [2.24, 2.45) is 0 Å². The standard InChI is InChI=1S/C22H26ClNO2/c1-16-13-17(9-10-20(16)24(2)3)21(25)26-15-22(11-4-5-12-22)18-7-6-8-19(23)14-18/h6-10,13-14H,4-5,11-12,15H2,1-3H3. The van der Waals surface area contributed by atoms with Gasteiger partial charge in [0.05, 0.1) is 5.56 Å². The Labute approximate surface area is 160 Å². The maximum absolute atomic E-state index is 12.6. The second-order valence-electron chi connectivity index (χ2n) is 7.47. The molecule has 0 N–H and O–H groups in total. The Balaban J connectivity index is 1.76. The van der Waals surface area contributed by atoms with Gasteiger partial charge in [-0.3, -0.25) is 0 Å². The lowest BCUT2D eigenvalue weighted by Crippen LogP contribution is -2.30. The predicted octanol–water partition coefficient (Wildman–Crippen LogP) is 5.38. The van der Waals surface area contributed by atoms with Crippen molar-refractivity contribution < 1.29 is 9.53 Å². The monoisotopic (exact) mass is 371 g/mol. The highest BCUT2D eigenvalue weighted by Crippen LogP contribution is 2.42. The van der Waals surface area contributed by atoms with Gasteiger partial charge in [0.2, 0.25) is 0 Å². The Kier molecular flexibility index (Phi) is 5.57. The molecule has 2 aromatic carbocycles. The molecular weight excluding hydrogens is 346 g/mol. The molecule has 0 spiro atoms. The third-order valence-corrected chi connectivity index (χ3v) is 5.63. The summed E-state index contributed by atoms with van der Waals surface area (Å²) in [6.45, 7) is 2.41. The molecule has 1 saturated carbocycles. The average Bonchev–Trinajstić information content (AvgIpc) is 3.09. The van der Waals surface area contributed by atoms with Gasteiger partial charge in [0.1, 0.15) is 6.61 Å². The Bertz CT molecular complexity index is 794. The zero-order valence-electron chi connectivity index (χ0n) is 15.7. The number of carbonyl (C=O) groups excluding carboxylic acids is 1. The van der Waals surface area contributed by atoms with Gasteiger partial charge in [-0.05, 0) is 61.2 Å². The lowest BCUT2D eigenvalue weighted by Gasteiger charge is -2.29. The summed E-state index contributed by atoms with van der Waals surface area (Å²) in [5, 5.41) is 0.731. The first kappa shape index (κ1) is 18.8. The van der Waals surface area contributed by atoms with Crippen LogP contribution in [0.1, 0.15) is 47.2 Å². The van der Waals surface area contributed by atoms with Gasteiger partial charge in [0, 0.05) is 30.2 Å². The summed E-state index contributed by atoms with van der Waals surface area (Å²) in [6, 6.07) is 13.7. The molecular formula is C22H26ClNO2. The van der Waals surface area contributed by atoms with E-state index in [1.54, 1.807) is 0 Å². The lowest BCUT2D eigenvalue weighted by atomic mass is 9.79. The topological polar surface area (TPSA) is 29.5 Å². The number of esters is 1. The molecule has 0 heterocycles. The molecule has 1 aliphatic rings. The highest BCUT2D eigenvalue weighted by atomic mass is 35.5. The van der Waals surface area contributed by atoms with Gasteiger partial charge in [0.15, 0.2) is 0 Å². The SMILES string of the molecule is Cc1cc(C(=O)OCC2(c3cccc(Cl)c3)CCCC2)ccc1N(C)C. The molecule has 0 unspecified atom stereocenters. The van der Waals surface area contributed by atoms with Gasteiger partial charge in [-0.2, -0.15) is 0 Å². The Hall–Kier alpha value is -2.00. The van der Waals surface area contributed by atoms with Crippen molar-refractivity contribution in [3.8, 4) is 0 Å². The number of benzene rings is 2. The number of hydrogen-bond donors (Lipinski definition) is 0. The van der Waals surface area contributed by atoms with Gasteiger partial charge in [-0.1, -0.05) is 36.6 Å². The number of rotatable bonds is 5. The summed E-state index contributed by atoms with van der Waals surface area (Å²) >= 11 is 6.19. The Morgan fingerprint density at radius 3 is 2.50 bits per heavy atom. The van der Waals surface area contributed by atoms with Crippen molar-refractivity contribution in [1.29, 1.82) is 0 Å². The fourth-order valence-electron chi connectivity index (χ4n) is 3.96. The average molecular weight is 372 g/mol. The molecule has 26 heavy (non-hydrogen) atoms. The summed E-state index contributed by atoms with van der Waals surface area (Å²) in [7, 11) is 3.99. The van der Waals surface area contributed by atoms with Gasteiger partial charge < -0.3 is 9.64 Å². The first-order valence-corrected chi connectivity index (χ1v) is 9.50. The third kappa shape index (κ3) is 3.88. The van der Waals surface area contributed by atoms with E-state index in [2.05, 4.69) is 6.07 Å². The number of ether oxygens (including phenoxy) is 1. The van der Waals surface area contributed by atoms with E-state index < -0.39 is 0 Å². The minimum absolute atomic E-state index is 0.112. The summed E-state index contributed by atoms with van der Waals surface area (Å²) < 4.78 is 5.77. The van der Waals surface area contributed by atoms with Crippen LogP contribution < -0.4 is 4.90 Å². The highest BCUT2D eigenvalue weighted by molar-refractivity contribution is 6.30. The summed E-state index contributed by atoms with van der Waals surface area (Å²) in [6.07, 6.45) is 4.36. The van der Waals surface area contributed by atoms with Crippen LogP contribution in [0.3, 0.4) is 0 Å². The Morgan fingerprint density at radius 1 is 1.15 bits per heavy atom. The molecule has 4 heteroatoms. The summed E-state index contributed by atoms with van der Waals surface area (Å²) in [5.74, 6) is -0.258. The number of anilines is 1. The van der Waals surface area contributed by atoms with Crippen molar-refractivity contribution in [2.45, 2.75) is 38.0 Å².